The maximum Gasteiger partial charge on any atom is 0.338 e. The molecule has 0 spiro atoms. The van der Waals surface area contributed by atoms with Crippen molar-refractivity contribution in [2.24, 2.45) is 0 Å². The zero-order valence-corrected chi connectivity index (χ0v) is 24.7. The Morgan fingerprint density at radius 1 is 0.739 bits per heavy atom. The van der Waals surface area contributed by atoms with Gasteiger partial charge in [0.1, 0.15) is 31.0 Å². The first-order valence-electron chi connectivity index (χ1n) is 14.6. The number of hydrogen-bond donors (Lipinski definition) is 2. The van der Waals surface area contributed by atoms with Gasteiger partial charge in [0.05, 0.1) is 29.9 Å². The third kappa shape index (κ3) is 8.04. The summed E-state index contributed by atoms with van der Waals surface area (Å²) in [6.07, 6.45) is -9.38. The van der Waals surface area contributed by atoms with Crippen molar-refractivity contribution in [3.8, 4) is 0 Å². The van der Waals surface area contributed by atoms with Crippen LogP contribution in [0.3, 0.4) is 0 Å². The van der Waals surface area contributed by atoms with Gasteiger partial charge in [-0.25, -0.2) is 14.4 Å². The molecular formula is C34H34O12. The molecule has 0 aromatic heterocycles. The summed E-state index contributed by atoms with van der Waals surface area (Å²) < 4.78 is 40.2. The molecule has 2 saturated heterocycles. The minimum atomic E-state index is -1.51. The Morgan fingerprint density at radius 3 is 1.80 bits per heavy atom. The van der Waals surface area contributed by atoms with E-state index < -0.39 is 73.7 Å². The second-order valence-electron chi connectivity index (χ2n) is 10.5. The molecule has 0 bridgehead atoms. The molecule has 242 valence electrons. The molecule has 3 aromatic carbocycles. The van der Waals surface area contributed by atoms with Gasteiger partial charge in [0.15, 0.2) is 24.8 Å². The molecule has 46 heavy (non-hydrogen) atoms. The average Bonchev–Trinajstić information content (AvgIpc) is 3.40. The number of aliphatic hydroxyl groups excluding tert-OH is 2. The zero-order chi connectivity index (χ0) is 32.5. The Bertz CT molecular complexity index is 1450. The van der Waals surface area contributed by atoms with Crippen LogP contribution in [0.5, 0.6) is 0 Å². The van der Waals surface area contributed by atoms with E-state index in [1.165, 1.54) is 18.2 Å². The molecule has 0 unspecified atom stereocenters. The smallest absolute Gasteiger partial charge is 0.338 e. The van der Waals surface area contributed by atoms with E-state index in [9.17, 15) is 24.6 Å². The standard InChI is InChI=1S/C34H34O12/c1-2-18-40-33-26(36)27(24(35)19-42-33)46-34-29(45-32(39)23-16-10-5-11-17-23)28(44-31(38)22-14-8-4-9-15-22)25(43-34)20-41-30(37)21-12-6-3-7-13-21/h2-17,24-29,33-36H,1,18-20H2/t24-,25+,26-,27+,28+,29-,33-,34+/m1/s1. The van der Waals surface area contributed by atoms with E-state index in [1.54, 1.807) is 78.9 Å². The maximum atomic E-state index is 13.3. The van der Waals surface area contributed by atoms with Crippen LogP contribution in [0.4, 0.5) is 0 Å². The third-order valence-corrected chi connectivity index (χ3v) is 7.26. The predicted molar refractivity (Wildman–Crippen MR) is 159 cm³/mol. The number of aliphatic hydroxyl groups is 2. The highest BCUT2D eigenvalue weighted by atomic mass is 16.8. The Kier molecular flexibility index (Phi) is 11.3. The molecule has 0 radical (unpaired) electrons. The lowest BCUT2D eigenvalue weighted by atomic mass is 10.0. The molecule has 5 rings (SSSR count). The second kappa shape index (κ2) is 15.7. The number of benzene rings is 3. The van der Waals surface area contributed by atoms with Crippen LogP contribution in [0.15, 0.2) is 104 Å². The van der Waals surface area contributed by atoms with Crippen LogP contribution in [0.25, 0.3) is 0 Å². The van der Waals surface area contributed by atoms with Crippen molar-refractivity contribution < 1.29 is 57.8 Å². The first kappa shape index (κ1) is 32.9. The summed E-state index contributed by atoms with van der Waals surface area (Å²) in [7, 11) is 0. The van der Waals surface area contributed by atoms with Crippen molar-refractivity contribution >= 4 is 17.9 Å². The molecule has 0 amide bonds. The van der Waals surface area contributed by atoms with Crippen LogP contribution in [0.1, 0.15) is 31.1 Å². The van der Waals surface area contributed by atoms with Crippen molar-refractivity contribution in [3.05, 3.63) is 120 Å². The molecule has 2 aliphatic heterocycles. The highest BCUT2D eigenvalue weighted by molar-refractivity contribution is 5.91. The fourth-order valence-corrected chi connectivity index (χ4v) is 4.95. The number of ether oxygens (including phenoxy) is 7. The molecule has 8 atom stereocenters. The fourth-order valence-electron chi connectivity index (χ4n) is 4.95. The van der Waals surface area contributed by atoms with Gasteiger partial charge < -0.3 is 43.4 Å². The summed E-state index contributed by atoms with van der Waals surface area (Å²) in [6, 6.07) is 24.4. The zero-order valence-electron chi connectivity index (χ0n) is 24.7. The number of rotatable bonds is 12. The monoisotopic (exact) mass is 634 g/mol. The molecule has 2 heterocycles. The van der Waals surface area contributed by atoms with Gasteiger partial charge in [-0.2, -0.15) is 0 Å². The van der Waals surface area contributed by atoms with Gasteiger partial charge in [0.2, 0.25) is 0 Å². The Morgan fingerprint density at radius 2 is 1.26 bits per heavy atom. The Labute approximate surface area is 265 Å². The van der Waals surface area contributed by atoms with Gasteiger partial charge in [-0.05, 0) is 36.4 Å². The largest absolute Gasteiger partial charge is 0.459 e. The summed E-state index contributed by atoms with van der Waals surface area (Å²) in [5.74, 6) is -2.22. The molecule has 12 heteroatoms. The Balaban J connectivity index is 1.44. The Hall–Kier alpha value is -4.43. The first-order valence-corrected chi connectivity index (χ1v) is 14.6. The van der Waals surface area contributed by atoms with E-state index in [2.05, 4.69) is 6.58 Å². The van der Waals surface area contributed by atoms with Gasteiger partial charge in [0.25, 0.3) is 0 Å². The predicted octanol–water partition coefficient (Wildman–Crippen LogP) is 2.69. The lowest BCUT2D eigenvalue weighted by molar-refractivity contribution is -0.306. The van der Waals surface area contributed by atoms with Crippen LogP contribution in [-0.4, -0.2) is 97.1 Å². The molecule has 0 aliphatic carbocycles. The van der Waals surface area contributed by atoms with Crippen molar-refractivity contribution in [2.75, 3.05) is 19.8 Å². The lowest BCUT2D eigenvalue weighted by Gasteiger charge is -2.38. The van der Waals surface area contributed by atoms with Crippen LogP contribution < -0.4 is 0 Å². The maximum absolute atomic E-state index is 13.3. The van der Waals surface area contributed by atoms with E-state index in [0.717, 1.165) is 0 Å². The van der Waals surface area contributed by atoms with Gasteiger partial charge in [0, 0.05) is 0 Å². The topological polar surface area (TPSA) is 156 Å². The van der Waals surface area contributed by atoms with E-state index in [-0.39, 0.29) is 29.9 Å². The SMILES string of the molecule is C=CCO[C@@H]1OC[C@@H](O)[C@H](O[C@@H]2O[C@@H](COC(=O)c3ccccc3)[C@H](OC(=O)c3ccccc3)[C@H]2OC(=O)c2ccccc2)[C@H]1O. The lowest BCUT2D eigenvalue weighted by Crippen LogP contribution is -2.57. The number of hydrogen-bond acceptors (Lipinski definition) is 12. The number of esters is 3. The van der Waals surface area contributed by atoms with Crippen molar-refractivity contribution in [1.29, 1.82) is 0 Å². The van der Waals surface area contributed by atoms with Gasteiger partial charge in [-0.3, -0.25) is 0 Å². The average molecular weight is 635 g/mol. The van der Waals surface area contributed by atoms with Crippen LogP contribution in [-0.2, 0) is 33.2 Å². The summed E-state index contributed by atoms with van der Waals surface area (Å²) in [4.78, 5) is 39.4. The van der Waals surface area contributed by atoms with Crippen molar-refractivity contribution in [2.45, 2.75) is 49.2 Å². The molecule has 12 nitrogen and oxygen atoms in total. The van der Waals surface area contributed by atoms with E-state index in [4.69, 9.17) is 33.2 Å². The van der Waals surface area contributed by atoms with E-state index in [0.29, 0.717) is 0 Å². The molecule has 3 aromatic rings. The fraction of sp³-hybridized carbons (Fsp3) is 0.324. The quantitative estimate of drug-likeness (QED) is 0.171. The normalized spacial score (nSPS) is 27.3. The summed E-state index contributed by atoms with van der Waals surface area (Å²) in [6.45, 7) is 2.94. The van der Waals surface area contributed by atoms with Gasteiger partial charge in [-0.15, -0.1) is 6.58 Å². The van der Waals surface area contributed by atoms with Crippen molar-refractivity contribution in [1.82, 2.24) is 0 Å². The summed E-state index contributed by atoms with van der Waals surface area (Å²) in [5, 5.41) is 21.7. The third-order valence-electron chi connectivity index (χ3n) is 7.26. The highest BCUT2D eigenvalue weighted by Crippen LogP contribution is 2.33. The van der Waals surface area contributed by atoms with Gasteiger partial charge in [-0.1, -0.05) is 60.7 Å². The van der Waals surface area contributed by atoms with E-state index >= 15 is 0 Å². The summed E-state index contributed by atoms with van der Waals surface area (Å²) >= 11 is 0. The first-order chi connectivity index (χ1) is 22.4. The number of carbonyl (C=O) groups excluding carboxylic acids is 3. The molecular weight excluding hydrogens is 600 g/mol. The van der Waals surface area contributed by atoms with Crippen LogP contribution >= 0.6 is 0 Å². The number of carbonyl (C=O) groups is 3. The van der Waals surface area contributed by atoms with Gasteiger partial charge >= 0.3 is 17.9 Å². The minimum Gasteiger partial charge on any atom is -0.459 e. The van der Waals surface area contributed by atoms with Crippen LogP contribution in [0.2, 0.25) is 0 Å². The molecule has 0 saturated carbocycles. The minimum absolute atomic E-state index is 0.0498. The highest BCUT2D eigenvalue weighted by Gasteiger charge is 2.54. The molecule has 2 aliphatic rings. The summed E-state index contributed by atoms with van der Waals surface area (Å²) in [5.41, 5.74) is 0.673. The molecule has 2 N–H and O–H groups in total. The second-order valence-corrected chi connectivity index (χ2v) is 10.5. The molecule has 2 fully saturated rings. The van der Waals surface area contributed by atoms with Crippen LogP contribution in [0, 0.1) is 0 Å². The van der Waals surface area contributed by atoms with Crippen molar-refractivity contribution in [3.63, 3.8) is 0 Å². The van der Waals surface area contributed by atoms with E-state index in [1.807, 2.05) is 0 Å².